The minimum absolute atomic E-state index is 1.02. The summed E-state index contributed by atoms with van der Waals surface area (Å²) in [5.74, 6) is 0. The van der Waals surface area contributed by atoms with Gasteiger partial charge in [0.2, 0.25) is 0 Å². The van der Waals surface area contributed by atoms with Crippen LogP contribution in [0.15, 0.2) is 140 Å². The Kier molecular flexibility index (Phi) is 4.52. The monoisotopic (exact) mass is 485 g/mol. The van der Waals surface area contributed by atoms with Gasteiger partial charge >= 0.3 is 0 Å². The van der Waals surface area contributed by atoms with Crippen molar-refractivity contribution in [3.8, 4) is 22.5 Å². The van der Waals surface area contributed by atoms with E-state index in [0.29, 0.717) is 0 Å². The van der Waals surface area contributed by atoms with Crippen LogP contribution >= 0.6 is 0 Å². The summed E-state index contributed by atoms with van der Waals surface area (Å²) in [4.78, 5) is 4.88. The van der Waals surface area contributed by atoms with E-state index >= 15 is 0 Å². The maximum Gasteiger partial charge on any atom is 0.0969 e. The van der Waals surface area contributed by atoms with Crippen molar-refractivity contribution >= 4 is 43.7 Å². The molecule has 0 amide bonds. The van der Waals surface area contributed by atoms with Crippen molar-refractivity contribution in [2.45, 2.75) is 0 Å². The highest BCUT2D eigenvalue weighted by atomic mass is 15.0. The van der Waals surface area contributed by atoms with Gasteiger partial charge < -0.3 is 9.13 Å². The van der Waals surface area contributed by atoms with Gasteiger partial charge in [-0.3, -0.25) is 4.98 Å². The molecule has 0 aliphatic rings. The van der Waals surface area contributed by atoms with Crippen LogP contribution in [-0.2, 0) is 0 Å². The van der Waals surface area contributed by atoms with Gasteiger partial charge in [-0.25, -0.2) is 0 Å². The standard InChI is InChI=1S/C35H23N3/c1-3-11-25(12-4-1)37-30-17-8-7-15-28(30)29-21-20-24(23-33(29)37)27-16-9-18-31-34(27)35-32(19-10-22-36-35)38(31)26-13-5-2-6-14-26/h1-23H. The maximum atomic E-state index is 4.88. The number of nitrogens with zero attached hydrogens (tertiary/aromatic N) is 3. The number of hydrogen-bond donors (Lipinski definition) is 0. The summed E-state index contributed by atoms with van der Waals surface area (Å²) in [6, 6.07) is 47.5. The third kappa shape index (κ3) is 2.99. The summed E-state index contributed by atoms with van der Waals surface area (Å²) in [7, 11) is 0. The fourth-order valence-corrected chi connectivity index (χ4v) is 5.96. The van der Waals surface area contributed by atoms with Crippen molar-refractivity contribution in [2.24, 2.45) is 0 Å². The number of pyridine rings is 1. The molecular formula is C35H23N3. The first-order chi connectivity index (χ1) is 18.9. The first-order valence-electron chi connectivity index (χ1n) is 12.9. The van der Waals surface area contributed by atoms with E-state index < -0.39 is 0 Å². The molecule has 0 saturated heterocycles. The van der Waals surface area contributed by atoms with Crippen molar-refractivity contribution in [3.63, 3.8) is 0 Å². The Morgan fingerprint density at radius 2 is 1.08 bits per heavy atom. The molecule has 0 radical (unpaired) electrons. The second kappa shape index (κ2) is 8.19. The number of para-hydroxylation sites is 3. The lowest BCUT2D eigenvalue weighted by Gasteiger charge is -2.10. The average Bonchev–Trinajstić information content (AvgIpc) is 3.51. The topological polar surface area (TPSA) is 22.8 Å². The summed E-state index contributed by atoms with van der Waals surface area (Å²) >= 11 is 0. The van der Waals surface area contributed by atoms with Crippen LogP contribution in [0.5, 0.6) is 0 Å². The van der Waals surface area contributed by atoms with E-state index in [1.807, 2.05) is 12.3 Å². The highest BCUT2D eigenvalue weighted by molar-refractivity contribution is 6.15. The van der Waals surface area contributed by atoms with Crippen LogP contribution in [0.25, 0.3) is 66.2 Å². The zero-order valence-corrected chi connectivity index (χ0v) is 20.6. The van der Waals surface area contributed by atoms with Gasteiger partial charge in [-0.15, -0.1) is 0 Å². The van der Waals surface area contributed by atoms with Gasteiger partial charge in [-0.05, 0) is 65.7 Å². The van der Waals surface area contributed by atoms with Crippen molar-refractivity contribution < 1.29 is 0 Å². The second-order valence-electron chi connectivity index (χ2n) is 9.66. The van der Waals surface area contributed by atoms with E-state index in [2.05, 4.69) is 137 Å². The van der Waals surface area contributed by atoms with Gasteiger partial charge in [0.25, 0.3) is 0 Å². The second-order valence-corrected chi connectivity index (χ2v) is 9.66. The predicted octanol–water partition coefficient (Wildman–Crippen LogP) is 8.94. The fraction of sp³-hybridized carbons (Fsp3) is 0. The molecule has 5 aromatic carbocycles. The molecule has 0 aliphatic carbocycles. The maximum absolute atomic E-state index is 4.88. The molecule has 0 N–H and O–H groups in total. The fourth-order valence-electron chi connectivity index (χ4n) is 5.96. The Labute approximate surface area is 219 Å². The molecule has 178 valence electrons. The van der Waals surface area contributed by atoms with Gasteiger partial charge in [0.1, 0.15) is 0 Å². The van der Waals surface area contributed by atoms with Crippen LogP contribution in [0, 0.1) is 0 Å². The molecule has 0 fully saturated rings. The van der Waals surface area contributed by atoms with E-state index in [1.165, 1.54) is 38.3 Å². The highest BCUT2D eigenvalue weighted by Crippen LogP contribution is 2.40. The third-order valence-electron chi connectivity index (χ3n) is 7.56. The lowest BCUT2D eigenvalue weighted by atomic mass is 9.99. The van der Waals surface area contributed by atoms with Gasteiger partial charge in [-0.2, -0.15) is 0 Å². The summed E-state index contributed by atoms with van der Waals surface area (Å²) in [5, 5.41) is 3.69. The number of rotatable bonds is 3. The van der Waals surface area contributed by atoms with Crippen LogP contribution in [-0.4, -0.2) is 14.1 Å². The van der Waals surface area contributed by atoms with E-state index in [1.54, 1.807) is 0 Å². The van der Waals surface area contributed by atoms with Crippen LogP contribution in [0.4, 0.5) is 0 Å². The first kappa shape index (κ1) is 21.0. The molecule has 3 nitrogen and oxygen atoms in total. The summed E-state index contributed by atoms with van der Waals surface area (Å²) < 4.78 is 4.69. The SMILES string of the molecule is c1ccc(-n2c3ccccc3c3ccc(-c4cccc5c4c4ncccc4n5-c4ccccc4)cc32)cc1. The van der Waals surface area contributed by atoms with E-state index in [0.717, 1.165) is 27.9 Å². The Bertz CT molecular complexity index is 2120. The molecule has 8 aromatic rings. The Morgan fingerprint density at radius 3 is 1.87 bits per heavy atom. The first-order valence-corrected chi connectivity index (χ1v) is 12.9. The average molecular weight is 486 g/mol. The molecule has 0 atom stereocenters. The number of hydrogen-bond acceptors (Lipinski definition) is 1. The molecule has 3 heteroatoms. The van der Waals surface area contributed by atoms with Crippen molar-refractivity contribution in [1.29, 1.82) is 0 Å². The number of aromatic nitrogens is 3. The lowest BCUT2D eigenvalue weighted by molar-refractivity contribution is 1.17. The smallest absolute Gasteiger partial charge is 0.0969 e. The van der Waals surface area contributed by atoms with E-state index in [9.17, 15) is 0 Å². The molecule has 8 rings (SSSR count). The lowest BCUT2D eigenvalue weighted by Crippen LogP contribution is -1.94. The zero-order valence-electron chi connectivity index (χ0n) is 20.6. The van der Waals surface area contributed by atoms with Gasteiger partial charge in [-0.1, -0.05) is 78.9 Å². The van der Waals surface area contributed by atoms with Gasteiger partial charge in [0, 0.05) is 33.7 Å². The number of fused-ring (bicyclic) bond motifs is 6. The van der Waals surface area contributed by atoms with Crippen molar-refractivity contribution in [1.82, 2.24) is 14.1 Å². The summed E-state index contributed by atoms with van der Waals surface area (Å²) in [6.45, 7) is 0. The highest BCUT2D eigenvalue weighted by Gasteiger charge is 2.18. The normalized spacial score (nSPS) is 11.7. The Hall–Kier alpha value is -5.15. The minimum Gasteiger partial charge on any atom is -0.309 e. The largest absolute Gasteiger partial charge is 0.309 e. The molecule has 0 aliphatic heterocycles. The molecule has 0 spiro atoms. The summed E-state index contributed by atoms with van der Waals surface area (Å²) in [5.41, 5.74) is 10.4. The van der Waals surface area contributed by atoms with Gasteiger partial charge in [0.05, 0.1) is 27.6 Å². The summed E-state index contributed by atoms with van der Waals surface area (Å²) in [6.07, 6.45) is 1.89. The van der Waals surface area contributed by atoms with Gasteiger partial charge in [0.15, 0.2) is 0 Å². The van der Waals surface area contributed by atoms with Crippen LogP contribution in [0.1, 0.15) is 0 Å². The van der Waals surface area contributed by atoms with Crippen LogP contribution in [0.2, 0.25) is 0 Å². The third-order valence-corrected chi connectivity index (χ3v) is 7.56. The van der Waals surface area contributed by atoms with Crippen molar-refractivity contribution in [2.75, 3.05) is 0 Å². The molecule has 38 heavy (non-hydrogen) atoms. The molecule has 0 saturated carbocycles. The molecule has 3 aromatic heterocycles. The molecular weight excluding hydrogens is 462 g/mol. The molecule has 0 unspecified atom stereocenters. The Balaban J connectivity index is 1.46. The molecule has 0 bridgehead atoms. The minimum atomic E-state index is 1.02. The van der Waals surface area contributed by atoms with Crippen LogP contribution in [0.3, 0.4) is 0 Å². The number of benzene rings is 5. The predicted molar refractivity (Wildman–Crippen MR) is 158 cm³/mol. The van der Waals surface area contributed by atoms with E-state index in [-0.39, 0.29) is 0 Å². The van der Waals surface area contributed by atoms with Crippen LogP contribution < -0.4 is 0 Å². The van der Waals surface area contributed by atoms with E-state index in [4.69, 9.17) is 4.98 Å². The van der Waals surface area contributed by atoms with Crippen molar-refractivity contribution in [3.05, 3.63) is 140 Å². The molecule has 3 heterocycles. The Morgan fingerprint density at radius 1 is 0.447 bits per heavy atom. The zero-order chi connectivity index (χ0) is 25.1. The quantitative estimate of drug-likeness (QED) is 0.245.